The van der Waals surface area contributed by atoms with Crippen molar-refractivity contribution in [3.05, 3.63) is 16.2 Å². The molecule has 11 heteroatoms. The zero-order valence-electron chi connectivity index (χ0n) is 14.5. The number of halogens is 3. The molecule has 0 aliphatic rings. The van der Waals surface area contributed by atoms with E-state index in [1.165, 1.54) is 11.3 Å². The Morgan fingerprint density at radius 1 is 1.27 bits per heavy atom. The van der Waals surface area contributed by atoms with E-state index in [2.05, 4.69) is 20.4 Å². The molecule has 2 rings (SSSR count). The Labute approximate surface area is 152 Å². The molecule has 0 radical (unpaired) electrons. The first-order valence-electron chi connectivity index (χ1n) is 7.83. The molecule has 0 spiro atoms. The van der Waals surface area contributed by atoms with Crippen LogP contribution in [-0.4, -0.2) is 39.5 Å². The third kappa shape index (κ3) is 6.98. The summed E-state index contributed by atoms with van der Waals surface area (Å²) in [7, 11) is 0. The minimum atomic E-state index is -4.27. The number of hydrogen-bond donors (Lipinski definition) is 1. The minimum absolute atomic E-state index is 0.0153. The van der Waals surface area contributed by atoms with Gasteiger partial charge in [0.25, 0.3) is 5.89 Å². The molecule has 26 heavy (non-hydrogen) atoms. The van der Waals surface area contributed by atoms with Crippen molar-refractivity contribution in [3.63, 3.8) is 0 Å². The number of nitrogens with one attached hydrogen (secondary N) is 1. The molecular formula is C15H19F3N4O3S. The van der Waals surface area contributed by atoms with E-state index in [-0.39, 0.29) is 18.1 Å². The Morgan fingerprint density at radius 3 is 2.65 bits per heavy atom. The second-order valence-electron chi connectivity index (χ2n) is 6.44. The molecule has 1 amide bonds. The lowest BCUT2D eigenvalue weighted by molar-refractivity contribution is -0.134. The van der Waals surface area contributed by atoms with Crippen molar-refractivity contribution in [1.82, 2.24) is 20.4 Å². The van der Waals surface area contributed by atoms with Gasteiger partial charge in [-0.2, -0.15) is 18.2 Å². The van der Waals surface area contributed by atoms with E-state index in [4.69, 9.17) is 9.26 Å². The second-order valence-corrected chi connectivity index (χ2v) is 7.38. The Kier molecular flexibility index (Phi) is 6.21. The van der Waals surface area contributed by atoms with E-state index in [0.717, 1.165) is 0 Å². The van der Waals surface area contributed by atoms with Crippen LogP contribution in [0.4, 0.5) is 18.0 Å². The molecule has 0 aliphatic heterocycles. The van der Waals surface area contributed by atoms with E-state index in [1.807, 2.05) is 0 Å². The van der Waals surface area contributed by atoms with Gasteiger partial charge in [0.1, 0.15) is 11.3 Å². The maximum atomic E-state index is 12.2. The average molecular weight is 392 g/mol. The quantitative estimate of drug-likeness (QED) is 0.805. The summed E-state index contributed by atoms with van der Waals surface area (Å²) < 4.78 is 46.7. The van der Waals surface area contributed by atoms with Crippen molar-refractivity contribution < 1.29 is 27.2 Å². The van der Waals surface area contributed by atoms with Crippen LogP contribution in [0.25, 0.3) is 11.6 Å². The summed E-state index contributed by atoms with van der Waals surface area (Å²) >= 11 is 1.33. The van der Waals surface area contributed by atoms with Gasteiger partial charge in [0, 0.05) is 24.8 Å². The highest BCUT2D eigenvalue weighted by molar-refractivity contribution is 7.09. The molecule has 0 atom stereocenters. The molecule has 2 aromatic rings. The topological polar surface area (TPSA) is 90.1 Å². The van der Waals surface area contributed by atoms with E-state index in [0.29, 0.717) is 23.7 Å². The molecule has 2 aromatic heterocycles. The lowest BCUT2D eigenvalue weighted by Crippen LogP contribution is -2.33. The first kappa shape index (κ1) is 20.1. The van der Waals surface area contributed by atoms with Gasteiger partial charge in [0.2, 0.25) is 0 Å². The first-order chi connectivity index (χ1) is 12.0. The van der Waals surface area contributed by atoms with Crippen molar-refractivity contribution in [2.75, 3.05) is 6.54 Å². The third-order valence-corrected chi connectivity index (χ3v) is 3.79. The van der Waals surface area contributed by atoms with Gasteiger partial charge in [0.05, 0.1) is 11.4 Å². The number of aryl methyl sites for hydroxylation is 1. The summed E-state index contributed by atoms with van der Waals surface area (Å²) in [5, 5.41) is 8.53. The normalized spacial score (nSPS) is 12.2. The van der Waals surface area contributed by atoms with Gasteiger partial charge in [-0.05, 0) is 20.8 Å². The second kappa shape index (κ2) is 8.02. The number of carbonyl (C=O) groups excluding carboxylic acids is 1. The van der Waals surface area contributed by atoms with Crippen LogP contribution in [0.1, 0.15) is 38.0 Å². The number of hydrogen-bond acceptors (Lipinski definition) is 7. The predicted molar refractivity (Wildman–Crippen MR) is 87.7 cm³/mol. The number of thiazole rings is 1. The summed E-state index contributed by atoms with van der Waals surface area (Å²) in [6.07, 6.45) is -5.66. The standard InChI is InChI=1S/C15H19F3N4O3S/c1-14(2,3)24-13(23)19-7-5-11-20-9(8-26-11)12-21-10(22-25-12)4-6-15(16,17)18/h8H,4-7H2,1-3H3,(H,19,23). The number of rotatable bonds is 6. The molecule has 2 heterocycles. The number of aromatic nitrogens is 3. The lowest BCUT2D eigenvalue weighted by atomic mass is 10.2. The highest BCUT2D eigenvalue weighted by Gasteiger charge is 2.27. The van der Waals surface area contributed by atoms with Crippen LogP contribution in [0.2, 0.25) is 0 Å². The predicted octanol–water partition coefficient (Wildman–Crippen LogP) is 3.76. The van der Waals surface area contributed by atoms with Gasteiger partial charge in [0.15, 0.2) is 5.82 Å². The minimum Gasteiger partial charge on any atom is -0.444 e. The number of ether oxygens (including phenoxy) is 1. The van der Waals surface area contributed by atoms with E-state index in [9.17, 15) is 18.0 Å². The fourth-order valence-corrected chi connectivity index (χ4v) is 2.59. The maximum absolute atomic E-state index is 12.2. The molecule has 7 nitrogen and oxygen atoms in total. The number of alkyl halides is 3. The monoisotopic (exact) mass is 392 g/mol. The number of nitrogens with zero attached hydrogens (tertiary/aromatic N) is 3. The average Bonchev–Trinajstić information content (AvgIpc) is 3.11. The van der Waals surface area contributed by atoms with Gasteiger partial charge in [-0.25, -0.2) is 9.78 Å². The summed E-state index contributed by atoms with van der Waals surface area (Å²) in [6.45, 7) is 5.65. The van der Waals surface area contributed by atoms with Crippen molar-refractivity contribution >= 4 is 17.4 Å². The highest BCUT2D eigenvalue weighted by atomic mass is 32.1. The van der Waals surface area contributed by atoms with Crippen LogP contribution in [0, 0.1) is 0 Å². The smallest absolute Gasteiger partial charge is 0.407 e. The highest BCUT2D eigenvalue weighted by Crippen LogP contribution is 2.24. The Hall–Kier alpha value is -2.17. The van der Waals surface area contributed by atoms with Gasteiger partial charge in [-0.15, -0.1) is 11.3 Å². The zero-order chi connectivity index (χ0) is 19.4. The third-order valence-electron chi connectivity index (χ3n) is 2.88. The summed E-state index contributed by atoms with van der Waals surface area (Å²) in [5.74, 6) is 0.0586. The maximum Gasteiger partial charge on any atom is 0.407 e. The van der Waals surface area contributed by atoms with E-state index >= 15 is 0 Å². The van der Waals surface area contributed by atoms with Gasteiger partial charge in [-0.3, -0.25) is 0 Å². The Balaban J connectivity index is 1.84. The SMILES string of the molecule is CC(C)(C)OC(=O)NCCc1nc(-c2nc(CCC(F)(F)F)no2)cs1. The van der Waals surface area contributed by atoms with Crippen LogP contribution < -0.4 is 5.32 Å². The van der Waals surface area contributed by atoms with Crippen molar-refractivity contribution in [3.8, 4) is 11.6 Å². The summed E-state index contributed by atoms with van der Waals surface area (Å²) in [5.41, 5.74) is -0.173. The lowest BCUT2D eigenvalue weighted by Gasteiger charge is -2.19. The van der Waals surface area contributed by atoms with Crippen LogP contribution in [0.15, 0.2) is 9.90 Å². The van der Waals surface area contributed by atoms with Crippen LogP contribution >= 0.6 is 11.3 Å². The number of carbonyl (C=O) groups is 1. The van der Waals surface area contributed by atoms with Gasteiger partial charge in [-0.1, -0.05) is 5.16 Å². The number of amides is 1. The molecule has 144 valence electrons. The summed E-state index contributed by atoms with van der Waals surface area (Å²) in [6, 6.07) is 0. The fourth-order valence-electron chi connectivity index (χ4n) is 1.82. The van der Waals surface area contributed by atoms with Crippen LogP contribution in [0.5, 0.6) is 0 Å². The molecule has 0 aromatic carbocycles. The van der Waals surface area contributed by atoms with Gasteiger partial charge >= 0.3 is 12.3 Å². The first-order valence-corrected chi connectivity index (χ1v) is 8.71. The van der Waals surface area contributed by atoms with Gasteiger partial charge < -0.3 is 14.6 Å². The summed E-state index contributed by atoms with van der Waals surface area (Å²) in [4.78, 5) is 19.8. The molecule has 0 fully saturated rings. The Bertz CT molecular complexity index is 737. The fraction of sp³-hybridized carbons (Fsp3) is 0.600. The van der Waals surface area contributed by atoms with Crippen molar-refractivity contribution in [1.29, 1.82) is 0 Å². The number of alkyl carbamates (subject to hydrolysis) is 1. The molecule has 0 aliphatic carbocycles. The molecule has 0 bridgehead atoms. The zero-order valence-corrected chi connectivity index (χ0v) is 15.3. The largest absolute Gasteiger partial charge is 0.444 e. The van der Waals surface area contributed by atoms with Crippen LogP contribution in [-0.2, 0) is 17.6 Å². The molecular weight excluding hydrogens is 373 g/mol. The molecule has 0 unspecified atom stereocenters. The van der Waals surface area contributed by atoms with E-state index < -0.39 is 24.3 Å². The van der Waals surface area contributed by atoms with Crippen molar-refractivity contribution in [2.24, 2.45) is 0 Å². The molecule has 0 saturated heterocycles. The van der Waals surface area contributed by atoms with Crippen molar-refractivity contribution in [2.45, 2.75) is 51.8 Å². The Morgan fingerprint density at radius 2 is 2.00 bits per heavy atom. The van der Waals surface area contributed by atoms with E-state index in [1.54, 1.807) is 26.2 Å². The molecule has 1 N–H and O–H groups in total. The van der Waals surface area contributed by atoms with Crippen LogP contribution in [0.3, 0.4) is 0 Å². The molecule has 0 saturated carbocycles.